The number of aryl methyl sites for hydroxylation is 1. The first-order valence-electron chi connectivity index (χ1n) is 10.9. The highest BCUT2D eigenvalue weighted by molar-refractivity contribution is 5.89. The second kappa shape index (κ2) is 9.38. The summed E-state index contributed by atoms with van der Waals surface area (Å²) in [5, 5.41) is 13.2. The van der Waals surface area contributed by atoms with Crippen molar-refractivity contribution in [2.75, 3.05) is 23.3 Å². The number of fused-ring (bicyclic) bond motifs is 1. The average molecular weight is 461 g/mol. The maximum atomic E-state index is 14.7. The van der Waals surface area contributed by atoms with Crippen molar-refractivity contribution in [1.29, 1.82) is 0 Å². The molecule has 7 nitrogen and oxygen atoms in total. The molecule has 0 unspecified atom stereocenters. The van der Waals surface area contributed by atoms with Crippen molar-refractivity contribution in [2.45, 2.75) is 45.3 Å². The third-order valence-corrected chi connectivity index (χ3v) is 6.05. The number of nitrogens with one attached hydrogen (secondary N) is 1. The lowest BCUT2D eigenvalue weighted by molar-refractivity contribution is 0.146. The fourth-order valence-electron chi connectivity index (χ4n) is 4.25. The van der Waals surface area contributed by atoms with E-state index in [4.69, 9.17) is 0 Å². The van der Waals surface area contributed by atoms with Crippen LogP contribution in [0.25, 0.3) is 11.0 Å². The Kier molecular flexibility index (Phi) is 6.55. The van der Waals surface area contributed by atoms with Crippen molar-refractivity contribution >= 4 is 22.5 Å². The zero-order valence-electron chi connectivity index (χ0n) is 18.5. The van der Waals surface area contributed by atoms with Gasteiger partial charge in [0, 0.05) is 25.7 Å². The lowest BCUT2D eigenvalue weighted by Crippen LogP contribution is -2.35. The van der Waals surface area contributed by atoms with Crippen LogP contribution in [0.15, 0.2) is 29.1 Å². The number of benzene rings is 1. The summed E-state index contributed by atoms with van der Waals surface area (Å²) >= 11 is 0. The van der Waals surface area contributed by atoms with Gasteiger partial charge < -0.3 is 15.3 Å². The summed E-state index contributed by atoms with van der Waals surface area (Å²) in [6.45, 7) is 2.70. The maximum Gasteiger partial charge on any atom is 0.275 e. The number of nitrogens with zero attached hydrogens (tertiary/aromatic N) is 4. The Bertz CT molecular complexity index is 1220. The van der Waals surface area contributed by atoms with E-state index in [1.54, 1.807) is 20.0 Å². The van der Waals surface area contributed by atoms with Crippen LogP contribution in [-0.2, 0) is 13.7 Å². The van der Waals surface area contributed by atoms with Gasteiger partial charge in [0.1, 0.15) is 29.6 Å². The monoisotopic (exact) mass is 461 g/mol. The third kappa shape index (κ3) is 4.39. The van der Waals surface area contributed by atoms with Crippen LogP contribution in [0.1, 0.15) is 55.6 Å². The second-order valence-electron chi connectivity index (χ2n) is 8.24. The van der Waals surface area contributed by atoms with Gasteiger partial charge in [-0.15, -0.1) is 0 Å². The molecule has 3 heterocycles. The molecule has 2 aromatic heterocycles. The number of aromatic nitrogens is 3. The average Bonchev–Trinajstić information content (AvgIpc) is 2.81. The molecule has 1 aromatic carbocycles. The number of aliphatic hydroxyl groups excluding tert-OH is 1. The second-order valence-corrected chi connectivity index (χ2v) is 8.24. The molecule has 0 saturated carbocycles. The van der Waals surface area contributed by atoms with E-state index < -0.39 is 30.5 Å². The smallest absolute Gasteiger partial charge is 0.275 e. The van der Waals surface area contributed by atoms with Crippen LogP contribution in [0.3, 0.4) is 0 Å². The molecular formula is C23H26F3N5O2. The molecule has 1 atom stereocenters. The van der Waals surface area contributed by atoms with E-state index in [-0.39, 0.29) is 22.8 Å². The van der Waals surface area contributed by atoms with Gasteiger partial charge >= 0.3 is 0 Å². The Morgan fingerprint density at radius 2 is 1.85 bits per heavy atom. The Morgan fingerprint density at radius 3 is 2.52 bits per heavy atom. The topological polar surface area (TPSA) is 83.3 Å². The van der Waals surface area contributed by atoms with Gasteiger partial charge in [0.2, 0.25) is 0 Å². The van der Waals surface area contributed by atoms with E-state index in [1.807, 2.05) is 4.90 Å². The zero-order valence-corrected chi connectivity index (χ0v) is 18.5. The fraction of sp³-hybridized carbons (Fsp3) is 0.435. The van der Waals surface area contributed by atoms with Crippen LogP contribution in [0.5, 0.6) is 0 Å². The number of hydrogen-bond acceptors (Lipinski definition) is 6. The van der Waals surface area contributed by atoms with Crippen LogP contribution in [0.4, 0.5) is 24.7 Å². The Balaban J connectivity index is 1.82. The Morgan fingerprint density at radius 1 is 1.15 bits per heavy atom. The minimum absolute atomic E-state index is 0.0613. The quantitative estimate of drug-likeness (QED) is 0.576. The number of anilines is 2. The first-order valence-corrected chi connectivity index (χ1v) is 10.9. The van der Waals surface area contributed by atoms with Gasteiger partial charge in [0.15, 0.2) is 5.82 Å². The molecular weight excluding hydrogens is 435 g/mol. The predicted octanol–water partition coefficient (Wildman–Crippen LogP) is 4.06. The molecule has 0 amide bonds. The molecule has 1 aliphatic rings. The number of piperidine rings is 1. The molecule has 1 fully saturated rings. The van der Waals surface area contributed by atoms with Gasteiger partial charge in [-0.1, -0.05) is 18.2 Å². The summed E-state index contributed by atoms with van der Waals surface area (Å²) in [5.74, 6) is -0.610. The summed E-state index contributed by atoms with van der Waals surface area (Å²) in [5.41, 5.74) is 0.0234. The SMILES string of the molecule is C[C@@H](Nc1nc(CO)nc2c1cc(N1CCCCC1)c(=O)n2C)c1cccc(C(F)F)c1F. The molecule has 10 heteroatoms. The van der Waals surface area contributed by atoms with Crippen LogP contribution in [0, 0.1) is 5.82 Å². The van der Waals surface area contributed by atoms with Gasteiger partial charge in [0.05, 0.1) is 17.0 Å². The van der Waals surface area contributed by atoms with Crippen molar-refractivity contribution in [1.82, 2.24) is 14.5 Å². The maximum absolute atomic E-state index is 14.7. The van der Waals surface area contributed by atoms with E-state index in [9.17, 15) is 23.1 Å². The van der Waals surface area contributed by atoms with Gasteiger partial charge in [-0.05, 0) is 32.3 Å². The number of hydrogen-bond donors (Lipinski definition) is 2. The van der Waals surface area contributed by atoms with E-state index in [0.717, 1.165) is 38.4 Å². The molecule has 1 aliphatic heterocycles. The molecule has 33 heavy (non-hydrogen) atoms. The molecule has 2 N–H and O–H groups in total. The third-order valence-electron chi connectivity index (χ3n) is 6.05. The lowest BCUT2D eigenvalue weighted by atomic mass is 10.0. The van der Waals surface area contributed by atoms with Gasteiger partial charge in [0.25, 0.3) is 12.0 Å². The number of alkyl halides is 2. The number of pyridine rings is 1. The number of rotatable bonds is 6. The van der Waals surface area contributed by atoms with E-state index in [0.29, 0.717) is 16.7 Å². The normalized spacial score (nSPS) is 15.3. The molecule has 176 valence electrons. The highest BCUT2D eigenvalue weighted by Gasteiger charge is 2.23. The highest BCUT2D eigenvalue weighted by atomic mass is 19.3. The van der Waals surface area contributed by atoms with Gasteiger partial charge in [-0.2, -0.15) is 0 Å². The van der Waals surface area contributed by atoms with Gasteiger partial charge in [-0.3, -0.25) is 9.36 Å². The first kappa shape index (κ1) is 23.0. The standard InChI is InChI=1S/C23H26F3N5O2/c1-13(14-7-6-8-15(19(14)24)20(25)26)27-21-16-11-17(31-9-4-3-5-10-31)23(33)30(2)22(16)29-18(12-32)28-21/h6-8,11,13,20,32H,3-5,9-10,12H2,1-2H3,(H,27,28,29)/t13-/m1/s1. The van der Waals surface area contributed by atoms with E-state index >= 15 is 0 Å². The van der Waals surface area contributed by atoms with Gasteiger partial charge in [-0.25, -0.2) is 23.1 Å². The van der Waals surface area contributed by atoms with Crippen LogP contribution < -0.4 is 15.8 Å². The van der Waals surface area contributed by atoms with Crippen molar-refractivity contribution in [3.63, 3.8) is 0 Å². The summed E-state index contributed by atoms with van der Waals surface area (Å²) in [6, 6.07) is 4.87. The molecule has 3 aromatic rings. The van der Waals surface area contributed by atoms with Crippen molar-refractivity contribution in [3.8, 4) is 0 Å². The minimum Gasteiger partial charge on any atom is -0.388 e. The number of aliphatic hydroxyl groups is 1. The highest BCUT2D eigenvalue weighted by Crippen LogP contribution is 2.31. The predicted molar refractivity (Wildman–Crippen MR) is 120 cm³/mol. The number of halogens is 3. The molecule has 0 bridgehead atoms. The molecule has 0 aliphatic carbocycles. The molecule has 0 spiro atoms. The summed E-state index contributed by atoms with van der Waals surface area (Å²) in [7, 11) is 1.60. The fourth-order valence-corrected chi connectivity index (χ4v) is 4.25. The van der Waals surface area contributed by atoms with Crippen molar-refractivity contribution < 1.29 is 18.3 Å². The molecule has 1 saturated heterocycles. The van der Waals surface area contributed by atoms with Crippen LogP contribution >= 0.6 is 0 Å². The largest absolute Gasteiger partial charge is 0.388 e. The molecule has 0 radical (unpaired) electrons. The summed E-state index contributed by atoms with van der Waals surface area (Å²) in [6.07, 6.45) is 0.159. The molecule has 4 rings (SSSR count). The van der Waals surface area contributed by atoms with Crippen molar-refractivity contribution in [2.24, 2.45) is 7.05 Å². The lowest BCUT2D eigenvalue weighted by Gasteiger charge is -2.29. The zero-order chi connectivity index (χ0) is 23.7. The van der Waals surface area contributed by atoms with E-state index in [2.05, 4.69) is 15.3 Å². The van der Waals surface area contributed by atoms with Crippen LogP contribution in [0.2, 0.25) is 0 Å². The van der Waals surface area contributed by atoms with Crippen LogP contribution in [-0.4, -0.2) is 32.7 Å². The van der Waals surface area contributed by atoms with E-state index in [1.165, 1.54) is 16.7 Å². The Labute approximate surface area is 188 Å². The van der Waals surface area contributed by atoms with Crippen molar-refractivity contribution in [3.05, 3.63) is 57.4 Å². The summed E-state index contributed by atoms with van der Waals surface area (Å²) in [4.78, 5) is 23.7. The Hall–Kier alpha value is -3.14. The minimum atomic E-state index is -2.93. The summed E-state index contributed by atoms with van der Waals surface area (Å²) < 4.78 is 42.5. The first-order chi connectivity index (χ1) is 15.8.